The average molecular weight is 472 g/mol. The van der Waals surface area contributed by atoms with Gasteiger partial charge in [-0.3, -0.25) is 9.69 Å². The third kappa shape index (κ3) is 4.17. The summed E-state index contributed by atoms with van der Waals surface area (Å²) in [6.45, 7) is 0. The first kappa shape index (κ1) is 21.8. The second kappa shape index (κ2) is 9.48. The van der Waals surface area contributed by atoms with E-state index in [1.165, 1.54) is 18.9 Å². The fourth-order valence-corrected chi connectivity index (χ4v) is 4.77. The maximum absolute atomic E-state index is 13.5. The van der Waals surface area contributed by atoms with Crippen molar-refractivity contribution >= 4 is 35.0 Å². The lowest BCUT2D eigenvalue weighted by Crippen LogP contribution is -2.28. The number of carbonyl (C=O) groups is 2. The Kier molecular flexibility index (Phi) is 6.09. The predicted octanol–water partition coefficient (Wildman–Crippen LogP) is 4.00. The molecule has 1 aliphatic heterocycles. The first-order valence-electron chi connectivity index (χ1n) is 10.7. The van der Waals surface area contributed by atoms with Crippen molar-refractivity contribution in [3.8, 4) is 5.69 Å². The van der Waals surface area contributed by atoms with Crippen molar-refractivity contribution in [1.82, 2.24) is 20.2 Å². The molecule has 0 unspecified atom stereocenters. The van der Waals surface area contributed by atoms with E-state index in [9.17, 15) is 9.59 Å². The van der Waals surface area contributed by atoms with E-state index in [-0.39, 0.29) is 11.7 Å². The van der Waals surface area contributed by atoms with Crippen LogP contribution in [0.2, 0.25) is 0 Å². The molecule has 170 valence electrons. The van der Waals surface area contributed by atoms with Gasteiger partial charge in [0.05, 0.1) is 35.5 Å². The summed E-state index contributed by atoms with van der Waals surface area (Å²) in [5, 5.41) is 12.4. The molecule has 1 amide bonds. The van der Waals surface area contributed by atoms with Gasteiger partial charge >= 0.3 is 5.97 Å². The summed E-state index contributed by atoms with van der Waals surface area (Å²) in [7, 11) is 1.34. The molecule has 0 saturated heterocycles. The summed E-state index contributed by atoms with van der Waals surface area (Å²) in [5.74, 6) is -0.313. The maximum atomic E-state index is 13.5. The third-order valence-corrected chi connectivity index (χ3v) is 6.58. The molecular formula is C25H21N5O3S. The molecule has 0 fully saturated rings. The molecule has 1 aromatic heterocycles. The largest absolute Gasteiger partial charge is 0.465 e. The minimum Gasteiger partial charge on any atom is -0.465 e. The SMILES string of the molecule is COC(=O)c1ccc(-n2nnnc2SCC(=O)N2c3ccccc3CCc3ccccc32)cc1. The molecule has 2 heterocycles. The lowest BCUT2D eigenvalue weighted by Gasteiger charge is -2.24. The number of nitrogens with zero attached hydrogens (tertiary/aromatic N) is 5. The number of methoxy groups -OCH3 is 1. The molecule has 4 aromatic rings. The van der Waals surface area contributed by atoms with Crippen LogP contribution in [0.1, 0.15) is 21.5 Å². The van der Waals surface area contributed by atoms with Gasteiger partial charge in [0.15, 0.2) is 0 Å². The molecule has 1 aliphatic rings. The minimum atomic E-state index is -0.415. The first-order chi connectivity index (χ1) is 16.7. The monoisotopic (exact) mass is 471 g/mol. The van der Waals surface area contributed by atoms with Crippen LogP contribution in [0.15, 0.2) is 78.0 Å². The highest BCUT2D eigenvalue weighted by Gasteiger charge is 2.26. The zero-order valence-corrected chi connectivity index (χ0v) is 19.2. The normalized spacial score (nSPS) is 12.4. The Morgan fingerprint density at radius 2 is 1.53 bits per heavy atom. The van der Waals surface area contributed by atoms with Crippen molar-refractivity contribution in [2.45, 2.75) is 18.0 Å². The van der Waals surface area contributed by atoms with Crippen molar-refractivity contribution < 1.29 is 14.3 Å². The first-order valence-corrected chi connectivity index (χ1v) is 11.7. The summed E-state index contributed by atoms with van der Waals surface area (Å²) in [5.41, 5.74) is 5.23. The van der Waals surface area contributed by atoms with E-state index in [4.69, 9.17) is 4.74 Å². The fraction of sp³-hybridized carbons (Fsp3) is 0.160. The van der Waals surface area contributed by atoms with Crippen LogP contribution >= 0.6 is 11.8 Å². The zero-order chi connectivity index (χ0) is 23.5. The van der Waals surface area contributed by atoms with E-state index in [1.807, 2.05) is 41.3 Å². The Hall–Kier alpha value is -3.98. The van der Waals surface area contributed by atoms with Crippen molar-refractivity contribution in [1.29, 1.82) is 0 Å². The fourth-order valence-electron chi connectivity index (χ4n) is 4.03. The number of hydrogen-bond donors (Lipinski definition) is 0. The van der Waals surface area contributed by atoms with Gasteiger partial charge in [-0.15, -0.1) is 5.10 Å². The second-order valence-corrected chi connectivity index (χ2v) is 8.63. The van der Waals surface area contributed by atoms with Crippen LogP contribution in [0.5, 0.6) is 0 Å². The third-order valence-electron chi connectivity index (χ3n) is 5.68. The Balaban J connectivity index is 1.39. The Bertz CT molecular complexity index is 1310. The van der Waals surface area contributed by atoms with Crippen LogP contribution in [-0.2, 0) is 22.4 Å². The van der Waals surface area contributed by atoms with E-state index in [0.29, 0.717) is 16.4 Å². The molecular weight excluding hydrogens is 450 g/mol. The molecule has 9 heteroatoms. The van der Waals surface area contributed by atoms with E-state index in [2.05, 4.69) is 27.7 Å². The number of esters is 1. The lowest BCUT2D eigenvalue weighted by atomic mass is 10.0. The van der Waals surface area contributed by atoms with Crippen molar-refractivity contribution in [2.75, 3.05) is 17.8 Å². The van der Waals surface area contributed by atoms with Crippen molar-refractivity contribution in [3.05, 3.63) is 89.5 Å². The number of thioether (sulfide) groups is 1. The number of aromatic nitrogens is 4. The number of para-hydroxylation sites is 2. The molecule has 0 bridgehead atoms. The van der Waals surface area contributed by atoms with Crippen LogP contribution in [0.25, 0.3) is 5.69 Å². The summed E-state index contributed by atoms with van der Waals surface area (Å²) in [6, 6.07) is 22.8. The highest BCUT2D eigenvalue weighted by atomic mass is 32.2. The van der Waals surface area contributed by atoms with Gasteiger partial charge in [0.1, 0.15) is 0 Å². The van der Waals surface area contributed by atoms with E-state index >= 15 is 0 Å². The number of hydrogen-bond acceptors (Lipinski definition) is 7. The van der Waals surface area contributed by atoms with Gasteiger partial charge < -0.3 is 4.74 Å². The number of ether oxygens (including phenoxy) is 1. The summed E-state index contributed by atoms with van der Waals surface area (Å²) >= 11 is 1.27. The number of benzene rings is 3. The van der Waals surface area contributed by atoms with Crippen LogP contribution in [-0.4, -0.2) is 44.9 Å². The molecule has 8 nitrogen and oxygen atoms in total. The standard InChI is InChI=1S/C25H21N5O3S/c1-33-24(32)19-12-14-20(15-13-19)30-25(26-27-28-30)34-16-23(31)29-21-8-4-2-6-17(21)10-11-18-7-3-5-9-22(18)29/h2-9,12-15H,10-11,16H2,1H3. The van der Waals surface area contributed by atoms with Crippen LogP contribution < -0.4 is 4.90 Å². The lowest BCUT2D eigenvalue weighted by molar-refractivity contribution is -0.115. The maximum Gasteiger partial charge on any atom is 0.337 e. The molecule has 0 N–H and O–H groups in total. The van der Waals surface area contributed by atoms with Crippen molar-refractivity contribution in [3.63, 3.8) is 0 Å². The highest BCUT2D eigenvalue weighted by Crippen LogP contribution is 2.36. The zero-order valence-electron chi connectivity index (χ0n) is 18.4. The summed E-state index contributed by atoms with van der Waals surface area (Å²) in [6.07, 6.45) is 1.76. The van der Waals surface area contributed by atoms with Crippen LogP contribution in [0.3, 0.4) is 0 Å². The van der Waals surface area contributed by atoms with Gasteiger partial charge in [-0.05, 0) is 70.8 Å². The minimum absolute atomic E-state index is 0.0533. The molecule has 0 aliphatic carbocycles. The van der Waals surface area contributed by atoms with E-state index in [1.54, 1.807) is 28.9 Å². The molecule has 0 radical (unpaired) electrons. The van der Waals surface area contributed by atoms with Gasteiger partial charge in [-0.25, -0.2) is 4.79 Å². The number of amides is 1. The van der Waals surface area contributed by atoms with Gasteiger partial charge in [-0.2, -0.15) is 4.68 Å². The second-order valence-electron chi connectivity index (χ2n) is 7.69. The van der Waals surface area contributed by atoms with Crippen molar-refractivity contribution in [2.24, 2.45) is 0 Å². The van der Waals surface area contributed by atoms with Gasteiger partial charge in [0.25, 0.3) is 0 Å². The summed E-state index contributed by atoms with van der Waals surface area (Å²) < 4.78 is 6.28. The Morgan fingerprint density at radius 3 is 2.15 bits per heavy atom. The van der Waals surface area contributed by atoms with Crippen LogP contribution in [0.4, 0.5) is 11.4 Å². The number of anilines is 2. The van der Waals surface area contributed by atoms with Crippen LogP contribution in [0, 0.1) is 0 Å². The van der Waals surface area contributed by atoms with E-state index in [0.717, 1.165) is 35.3 Å². The van der Waals surface area contributed by atoms with Gasteiger partial charge in [0, 0.05) is 0 Å². The smallest absolute Gasteiger partial charge is 0.337 e. The van der Waals surface area contributed by atoms with Gasteiger partial charge in [-0.1, -0.05) is 48.2 Å². The molecule has 0 spiro atoms. The number of tetrazole rings is 1. The number of aryl methyl sites for hydroxylation is 2. The Morgan fingerprint density at radius 1 is 0.912 bits per heavy atom. The molecule has 0 atom stereocenters. The number of carbonyl (C=O) groups excluding carboxylic acids is 2. The van der Waals surface area contributed by atoms with Gasteiger partial charge in [0.2, 0.25) is 11.1 Å². The Labute approximate surface area is 200 Å². The number of rotatable bonds is 5. The molecule has 5 rings (SSSR count). The molecule has 0 saturated carbocycles. The quantitative estimate of drug-likeness (QED) is 0.321. The molecule has 3 aromatic carbocycles. The average Bonchev–Trinajstić information content (AvgIpc) is 3.29. The number of fused-ring (bicyclic) bond motifs is 2. The highest BCUT2D eigenvalue weighted by molar-refractivity contribution is 7.99. The van der Waals surface area contributed by atoms with E-state index < -0.39 is 5.97 Å². The molecule has 34 heavy (non-hydrogen) atoms. The summed E-state index contributed by atoms with van der Waals surface area (Å²) in [4.78, 5) is 27.0. The predicted molar refractivity (Wildman–Crippen MR) is 129 cm³/mol. The topological polar surface area (TPSA) is 90.2 Å².